The zero-order valence-electron chi connectivity index (χ0n) is 9.96. The highest BCUT2D eigenvalue weighted by Gasteiger charge is 2.55. The second-order valence-corrected chi connectivity index (χ2v) is 5.20. The fourth-order valence-corrected chi connectivity index (χ4v) is 2.97. The topological polar surface area (TPSA) is 26.0 Å². The smallest absolute Gasteiger partial charge is 0.00200 e. The molecule has 1 aromatic carbocycles. The number of hydrogen-bond donors (Lipinski definition) is 1. The van der Waals surface area contributed by atoms with E-state index in [1.165, 1.54) is 17.5 Å². The summed E-state index contributed by atoms with van der Waals surface area (Å²) in [4.78, 5) is 0. The summed E-state index contributed by atoms with van der Waals surface area (Å²) >= 11 is 0. The van der Waals surface area contributed by atoms with Gasteiger partial charge in [0, 0.05) is 5.41 Å². The lowest BCUT2D eigenvalue weighted by Gasteiger charge is -2.22. The molecular weight excluding hydrogens is 182 g/mol. The zero-order valence-corrected chi connectivity index (χ0v) is 9.96. The van der Waals surface area contributed by atoms with E-state index in [2.05, 4.69) is 45.0 Å². The predicted octanol–water partition coefficient (Wildman–Crippen LogP) is 2.87. The Morgan fingerprint density at radius 2 is 2.20 bits per heavy atom. The summed E-state index contributed by atoms with van der Waals surface area (Å²) in [5.41, 5.74) is 9.05. The van der Waals surface area contributed by atoms with Crippen molar-refractivity contribution >= 4 is 0 Å². The van der Waals surface area contributed by atoms with E-state index in [1.54, 1.807) is 0 Å². The third-order valence-corrected chi connectivity index (χ3v) is 4.02. The lowest BCUT2D eigenvalue weighted by molar-refractivity contribution is 0.442. The van der Waals surface area contributed by atoms with Crippen molar-refractivity contribution in [3.63, 3.8) is 0 Å². The molecule has 0 bridgehead atoms. The maximum absolute atomic E-state index is 5.82. The van der Waals surface area contributed by atoms with Gasteiger partial charge in [-0.25, -0.2) is 0 Å². The molecule has 82 valence electrons. The van der Waals surface area contributed by atoms with Gasteiger partial charge in [-0.2, -0.15) is 0 Å². The summed E-state index contributed by atoms with van der Waals surface area (Å²) in [6.45, 7) is 7.62. The molecule has 2 N–H and O–H groups in total. The Hall–Kier alpha value is -0.820. The fraction of sp³-hybridized carbons (Fsp3) is 0.571. The normalized spacial score (nSPS) is 29.5. The molecule has 0 radical (unpaired) electrons. The van der Waals surface area contributed by atoms with Crippen molar-refractivity contribution in [1.82, 2.24) is 0 Å². The van der Waals surface area contributed by atoms with Crippen molar-refractivity contribution in [2.45, 2.75) is 32.6 Å². The van der Waals surface area contributed by atoms with E-state index in [0.717, 1.165) is 6.54 Å². The molecule has 0 aliphatic heterocycles. The molecule has 0 heterocycles. The van der Waals surface area contributed by atoms with Crippen molar-refractivity contribution < 1.29 is 0 Å². The molecule has 0 saturated heterocycles. The number of benzene rings is 1. The first-order chi connectivity index (χ1) is 7.11. The van der Waals surface area contributed by atoms with Crippen molar-refractivity contribution in [2.75, 3.05) is 6.54 Å². The molecule has 1 aromatic rings. The first-order valence-corrected chi connectivity index (χ1v) is 5.88. The third-order valence-electron chi connectivity index (χ3n) is 4.02. The molecule has 1 saturated carbocycles. The lowest BCUT2D eigenvalue weighted by Crippen LogP contribution is -2.21. The van der Waals surface area contributed by atoms with Crippen LogP contribution < -0.4 is 5.73 Å². The Labute approximate surface area is 92.7 Å². The Bertz CT molecular complexity index is 356. The van der Waals surface area contributed by atoms with Gasteiger partial charge in [-0.1, -0.05) is 43.7 Å². The molecule has 0 spiro atoms. The van der Waals surface area contributed by atoms with E-state index in [4.69, 9.17) is 5.73 Å². The molecule has 1 aliphatic carbocycles. The number of aryl methyl sites for hydroxylation is 1. The SMILES string of the molecule is Cc1cccc(C2(C(C)C)C[C@H]2CN)c1. The minimum atomic E-state index is 0.376. The molecule has 2 atom stereocenters. The maximum Gasteiger partial charge on any atom is 0.00200 e. The lowest BCUT2D eigenvalue weighted by atomic mass is 9.82. The van der Waals surface area contributed by atoms with Gasteiger partial charge in [0.05, 0.1) is 0 Å². The summed E-state index contributed by atoms with van der Waals surface area (Å²) in [5, 5.41) is 0. The van der Waals surface area contributed by atoms with Crippen LogP contribution in [0.1, 0.15) is 31.4 Å². The van der Waals surface area contributed by atoms with Gasteiger partial charge in [0.25, 0.3) is 0 Å². The Balaban J connectivity index is 2.36. The highest BCUT2D eigenvalue weighted by Crippen LogP contribution is 2.58. The van der Waals surface area contributed by atoms with Crippen LogP contribution in [-0.4, -0.2) is 6.54 Å². The summed E-state index contributed by atoms with van der Waals surface area (Å²) in [6.07, 6.45) is 1.27. The molecule has 0 amide bonds. The van der Waals surface area contributed by atoms with E-state index in [1.807, 2.05) is 0 Å². The predicted molar refractivity (Wildman–Crippen MR) is 64.9 cm³/mol. The minimum Gasteiger partial charge on any atom is -0.330 e. The quantitative estimate of drug-likeness (QED) is 0.803. The first-order valence-electron chi connectivity index (χ1n) is 5.88. The third kappa shape index (κ3) is 1.59. The van der Waals surface area contributed by atoms with Gasteiger partial charge in [0.15, 0.2) is 0 Å². The van der Waals surface area contributed by atoms with Crippen LogP contribution in [0.25, 0.3) is 0 Å². The maximum atomic E-state index is 5.82. The zero-order chi connectivity index (χ0) is 11.1. The Kier molecular flexibility index (Phi) is 2.59. The molecule has 0 aromatic heterocycles. The van der Waals surface area contributed by atoms with Gasteiger partial charge >= 0.3 is 0 Å². The summed E-state index contributed by atoms with van der Waals surface area (Å²) in [5.74, 6) is 1.38. The second-order valence-electron chi connectivity index (χ2n) is 5.20. The Morgan fingerprint density at radius 1 is 1.47 bits per heavy atom. The molecule has 15 heavy (non-hydrogen) atoms. The number of hydrogen-bond acceptors (Lipinski definition) is 1. The van der Waals surface area contributed by atoms with Crippen molar-refractivity contribution in [1.29, 1.82) is 0 Å². The van der Waals surface area contributed by atoms with Crippen LogP contribution in [0.15, 0.2) is 24.3 Å². The van der Waals surface area contributed by atoms with Gasteiger partial charge in [0.1, 0.15) is 0 Å². The summed E-state index contributed by atoms with van der Waals surface area (Å²) in [7, 11) is 0. The van der Waals surface area contributed by atoms with Crippen molar-refractivity contribution in [3.8, 4) is 0 Å². The van der Waals surface area contributed by atoms with Crippen LogP contribution in [0.2, 0.25) is 0 Å². The van der Waals surface area contributed by atoms with Crippen LogP contribution in [0.3, 0.4) is 0 Å². The van der Waals surface area contributed by atoms with Crippen molar-refractivity contribution in [3.05, 3.63) is 35.4 Å². The standard InChI is InChI=1S/C14H21N/c1-10(2)14(8-13(14)9-15)12-6-4-5-11(3)7-12/h4-7,10,13H,8-9,15H2,1-3H3/t13-,14?/m0/s1. The van der Waals surface area contributed by atoms with E-state index in [-0.39, 0.29) is 0 Å². The molecular formula is C14H21N. The minimum absolute atomic E-state index is 0.376. The van der Waals surface area contributed by atoms with E-state index in [9.17, 15) is 0 Å². The molecule has 1 heteroatoms. The molecule has 1 fully saturated rings. The molecule has 1 nitrogen and oxygen atoms in total. The van der Waals surface area contributed by atoms with Gasteiger partial charge in [-0.05, 0) is 37.3 Å². The van der Waals surface area contributed by atoms with Gasteiger partial charge < -0.3 is 5.73 Å². The van der Waals surface area contributed by atoms with E-state index < -0.39 is 0 Å². The fourth-order valence-electron chi connectivity index (χ4n) is 2.97. The van der Waals surface area contributed by atoms with Crippen LogP contribution in [-0.2, 0) is 5.41 Å². The number of rotatable bonds is 3. The monoisotopic (exact) mass is 203 g/mol. The van der Waals surface area contributed by atoms with Crippen LogP contribution >= 0.6 is 0 Å². The van der Waals surface area contributed by atoms with E-state index in [0.29, 0.717) is 17.3 Å². The average molecular weight is 203 g/mol. The van der Waals surface area contributed by atoms with Crippen molar-refractivity contribution in [2.24, 2.45) is 17.6 Å². The molecule has 1 aliphatic rings. The second kappa shape index (κ2) is 3.64. The van der Waals surface area contributed by atoms with E-state index >= 15 is 0 Å². The van der Waals surface area contributed by atoms with Crippen LogP contribution in [0, 0.1) is 18.8 Å². The first kappa shape index (κ1) is 10.7. The summed E-state index contributed by atoms with van der Waals surface area (Å²) in [6, 6.07) is 8.93. The largest absolute Gasteiger partial charge is 0.330 e. The van der Waals surface area contributed by atoms with Gasteiger partial charge in [-0.15, -0.1) is 0 Å². The molecule has 1 unspecified atom stereocenters. The highest BCUT2D eigenvalue weighted by atomic mass is 14.7. The Morgan fingerprint density at radius 3 is 2.67 bits per heavy atom. The average Bonchev–Trinajstić information content (AvgIpc) is 2.93. The number of nitrogens with two attached hydrogens (primary N) is 1. The summed E-state index contributed by atoms with van der Waals surface area (Å²) < 4.78 is 0. The van der Waals surface area contributed by atoms with Gasteiger partial charge in [0.2, 0.25) is 0 Å². The van der Waals surface area contributed by atoms with Gasteiger partial charge in [-0.3, -0.25) is 0 Å². The highest BCUT2D eigenvalue weighted by molar-refractivity contribution is 5.37. The van der Waals surface area contributed by atoms with Crippen LogP contribution in [0.5, 0.6) is 0 Å². The van der Waals surface area contributed by atoms with Crippen LogP contribution in [0.4, 0.5) is 0 Å². The molecule has 2 rings (SSSR count).